The van der Waals surface area contributed by atoms with Gasteiger partial charge in [-0.25, -0.2) is 0 Å². The SMILES string of the molecule is CCCC(C)CN1C2=C(CCCC2)N(C2C=CC=CC2)C1C. The van der Waals surface area contributed by atoms with E-state index in [9.17, 15) is 0 Å². The van der Waals surface area contributed by atoms with Crippen LogP contribution in [0.3, 0.4) is 0 Å². The zero-order chi connectivity index (χ0) is 15.5. The Labute approximate surface area is 136 Å². The second-order valence-corrected chi connectivity index (χ2v) is 7.30. The number of nitrogens with zero attached hydrogens (tertiary/aromatic N) is 2. The van der Waals surface area contributed by atoms with Crippen LogP contribution in [0.15, 0.2) is 35.7 Å². The molecule has 22 heavy (non-hydrogen) atoms. The molecule has 0 aromatic rings. The molecule has 0 bridgehead atoms. The van der Waals surface area contributed by atoms with Crippen molar-refractivity contribution in [3.63, 3.8) is 0 Å². The fraction of sp³-hybridized carbons (Fsp3) is 0.700. The van der Waals surface area contributed by atoms with Crippen LogP contribution in [0.4, 0.5) is 0 Å². The van der Waals surface area contributed by atoms with Gasteiger partial charge >= 0.3 is 0 Å². The zero-order valence-electron chi connectivity index (χ0n) is 14.6. The Bertz CT molecular complexity index is 474. The summed E-state index contributed by atoms with van der Waals surface area (Å²) in [5.41, 5.74) is 3.33. The van der Waals surface area contributed by atoms with Gasteiger partial charge in [0.15, 0.2) is 0 Å². The first kappa shape index (κ1) is 15.7. The standard InChI is InChI=1S/C20H32N2/c1-4-10-16(2)15-21-17(3)22(18-11-6-5-7-12-18)20-14-9-8-13-19(20)21/h5-7,11,16-18H,4,8-10,12-15H2,1-3H3. The van der Waals surface area contributed by atoms with E-state index in [2.05, 4.69) is 54.9 Å². The first-order chi connectivity index (χ1) is 10.7. The lowest BCUT2D eigenvalue weighted by molar-refractivity contribution is 0.117. The number of hydrogen-bond acceptors (Lipinski definition) is 2. The molecule has 0 aromatic carbocycles. The van der Waals surface area contributed by atoms with Gasteiger partial charge in [-0.2, -0.15) is 0 Å². The molecule has 0 fully saturated rings. The molecule has 2 heteroatoms. The van der Waals surface area contributed by atoms with Crippen molar-refractivity contribution in [3.05, 3.63) is 35.7 Å². The summed E-state index contributed by atoms with van der Waals surface area (Å²) in [4.78, 5) is 5.47. The minimum Gasteiger partial charge on any atom is -0.353 e. The van der Waals surface area contributed by atoms with Crippen LogP contribution in [0.25, 0.3) is 0 Å². The van der Waals surface area contributed by atoms with Gasteiger partial charge < -0.3 is 9.80 Å². The maximum absolute atomic E-state index is 2.74. The highest BCUT2D eigenvalue weighted by molar-refractivity contribution is 5.26. The third kappa shape index (κ3) is 2.98. The average Bonchev–Trinajstić information content (AvgIpc) is 2.81. The molecule has 3 aliphatic rings. The molecule has 3 unspecified atom stereocenters. The number of allylic oxidation sites excluding steroid dienone is 4. The molecule has 2 aliphatic carbocycles. The third-order valence-corrected chi connectivity index (χ3v) is 5.53. The molecule has 0 amide bonds. The number of hydrogen-bond donors (Lipinski definition) is 0. The molecular formula is C20H32N2. The monoisotopic (exact) mass is 300 g/mol. The first-order valence-electron chi connectivity index (χ1n) is 9.32. The van der Waals surface area contributed by atoms with Gasteiger partial charge in [-0.15, -0.1) is 0 Å². The quantitative estimate of drug-likeness (QED) is 0.700. The van der Waals surface area contributed by atoms with Crippen LogP contribution in [0.1, 0.15) is 65.7 Å². The van der Waals surface area contributed by atoms with E-state index >= 15 is 0 Å². The van der Waals surface area contributed by atoms with E-state index in [0.29, 0.717) is 12.2 Å². The Morgan fingerprint density at radius 1 is 1.18 bits per heavy atom. The molecule has 2 nitrogen and oxygen atoms in total. The second-order valence-electron chi connectivity index (χ2n) is 7.30. The average molecular weight is 300 g/mol. The van der Waals surface area contributed by atoms with Gasteiger partial charge in [-0.1, -0.05) is 44.6 Å². The fourth-order valence-electron chi connectivity index (χ4n) is 4.50. The van der Waals surface area contributed by atoms with Crippen molar-refractivity contribution >= 4 is 0 Å². The maximum Gasteiger partial charge on any atom is 0.0988 e. The van der Waals surface area contributed by atoms with Gasteiger partial charge in [-0.3, -0.25) is 0 Å². The van der Waals surface area contributed by atoms with Gasteiger partial charge in [0.1, 0.15) is 0 Å². The fourth-order valence-corrected chi connectivity index (χ4v) is 4.50. The van der Waals surface area contributed by atoms with Crippen LogP contribution in [0.2, 0.25) is 0 Å². The van der Waals surface area contributed by atoms with E-state index in [1.54, 1.807) is 11.4 Å². The van der Waals surface area contributed by atoms with Crippen LogP contribution in [-0.2, 0) is 0 Å². The van der Waals surface area contributed by atoms with Gasteiger partial charge in [0, 0.05) is 17.9 Å². The minimum atomic E-state index is 0.531. The van der Waals surface area contributed by atoms with E-state index in [-0.39, 0.29) is 0 Å². The topological polar surface area (TPSA) is 6.48 Å². The Morgan fingerprint density at radius 2 is 1.95 bits per heavy atom. The number of rotatable bonds is 5. The van der Waals surface area contributed by atoms with Crippen molar-refractivity contribution < 1.29 is 0 Å². The van der Waals surface area contributed by atoms with Crippen molar-refractivity contribution in [2.24, 2.45) is 5.92 Å². The molecule has 0 spiro atoms. The molecular weight excluding hydrogens is 268 g/mol. The van der Waals surface area contributed by atoms with E-state index < -0.39 is 0 Å². The smallest absolute Gasteiger partial charge is 0.0988 e. The van der Waals surface area contributed by atoms with Gasteiger partial charge in [0.2, 0.25) is 0 Å². The predicted molar refractivity (Wildman–Crippen MR) is 94.3 cm³/mol. The van der Waals surface area contributed by atoms with Crippen LogP contribution in [0.5, 0.6) is 0 Å². The summed E-state index contributed by atoms with van der Waals surface area (Å²) < 4.78 is 0. The lowest BCUT2D eigenvalue weighted by Gasteiger charge is -2.38. The van der Waals surface area contributed by atoms with E-state index in [1.807, 2.05) is 0 Å². The highest BCUT2D eigenvalue weighted by Crippen LogP contribution is 2.41. The zero-order valence-corrected chi connectivity index (χ0v) is 14.6. The molecule has 0 N–H and O–H groups in total. The molecule has 0 radical (unpaired) electrons. The van der Waals surface area contributed by atoms with E-state index in [4.69, 9.17) is 0 Å². The summed E-state index contributed by atoms with van der Waals surface area (Å²) in [6.07, 6.45) is 18.8. The van der Waals surface area contributed by atoms with Crippen molar-refractivity contribution in [3.8, 4) is 0 Å². The summed E-state index contributed by atoms with van der Waals surface area (Å²) in [5, 5.41) is 0. The second kappa shape index (κ2) is 6.93. The van der Waals surface area contributed by atoms with Crippen LogP contribution < -0.4 is 0 Å². The van der Waals surface area contributed by atoms with Gasteiger partial charge in [0.25, 0.3) is 0 Å². The van der Waals surface area contributed by atoms with E-state index in [1.165, 1.54) is 45.1 Å². The van der Waals surface area contributed by atoms with Crippen molar-refractivity contribution in [2.75, 3.05) is 6.54 Å². The van der Waals surface area contributed by atoms with Gasteiger partial charge in [0.05, 0.1) is 12.2 Å². The van der Waals surface area contributed by atoms with Crippen LogP contribution in [0, 0.1) is 5.92 Å². The lowest BCUT2D eigenvalue weighted by Crippen LogP contribution is -2.44. The normalized spacial score (nSPS) is 29.2. The van der Waals surface area contributed by atoms with Crippen LogP contribution in [-0.4, -0.2) is 28.6 Å². The summed E-state index contributed by atoms with van der Waals surface area (Å²) >= 11 is 0. The molecule has 1 heterocycles. The van der Waals surface area contributed by atoms with Crippen molar-refractivity contribution in [1.82, 2.24) is 9.80 Å². The van der Waals surface area contributed by atoms with Crippen molar-refractivity contribution in [2.45, 2.75) is 77.9 Å². The molecule has 0 saturated carbocycles. The third-order valence-electron chi connectivity index (χ3n) is 5.53. The Hall–Kier alpha value is -1.18. The summed E-state index contributed by atoms with van der Waals surface area (Å²) in [6, 6.07) is 0.564. The van der Waals surface area contributed by atoms with E-state index in [0.717, 1.165) is 12.3 Å². The molecule has 0 saturated heterocycles. The largest absolute Gasteiger partial charge is 0.353 e. The highest BCUT2D eigenvalue weighted by atomic mass is 15.4. The molecule has 0 aromatic heterocycles. The summed E-state index contributed by atoms with van der Waals surface area (Å²) in [5.74, 6) is 0.796. The van der Waals surface area contributed by atoms with Crippen molar-refractivity contribution in [1.29, 1.82) is 0 Å². The molecule has 3 atom stereocenters. The molecule has 1 aliphatic heterocycles. The summed E-state index contributed by atoms with van der Waals surface area (Å²) in [6.45, 7) is 8.38. The lowest BCUT2D eigenvalue weighted by atomic mass is 9.98. The van der Waals surface area contributed by atoms with Crippen LogP contribution >= 0.6 is 0 Å². The Balaban J connectivity index is 1.81. The van der Waals surface area contributed by atoms with Gasteiger partial charge in [-0.05, 0) is 51.4 Å². The Morgan fingerprint density at radius 3 is 2.64 bits per heavy atom. The first-order valence-corrected chi connectivity index (χ1v) is 9.32. The highest BCUT2D eigenvalue weighted by Gasteiger charge is 2.39. The molecule has 3 rings (SSSR count). The minimum absolute atomic E-state index is 0.531. The maximum atomic E-state index is 2.74. The Kier molecular flexibility index (Phi) is 4.95. The summed E-state index contributed by atoms with van der Waals surface area (Å²) in [7, 11) is 0. The molecule has 122 valence electrons. The predicted octanol–water partition coefficient (Wildman–Crippen LogP) is 5.06.